The molecule has 0 spiro atoms. The first-order valence-corrected chi connectivity index (χ1v) is 7.33. The van der Waals surface area contributed by atoms with Crippen molar-refractivity contribution in [3.63, 3.8) is 0 Å². The molecule has 0 aliphatic rings. The summed E-state index contributed by atoms with van der Waals surface area (Å²) in [5, 5.41) is 4.10. The van der Waals surface area contributed by atoms with Crippen LogP contribution in [0.4, 0.5) is 13.2 Å². The van der Waals surface area contributed by atoms with E-state index in [0.717, 1.165) is 30.0 Å². The quantitative estimate of drug-likeness (QED) is 0.681. The van der Waals surface area contributed by atoms with Gasteiger partial charge < -0.3 is 0 Å². The van der Waals surface area contributed by atoms with Crippen molar-refractivity contribution in [3.05, 3.63) is 70.9 Å². The topological polar surface area (TPSA) is 60.7 Å². The molecule has 0 saturated carbocycles. The predicted octanol–water partition coefficient (Wildman–Crippen LogP) is 3.53. The summed E-state index contributed by atoms with van der Waals surface area (Å²) in [4.78, 5) is 20.8. The lowest BCUT2D eigenvalue weighted by atomic mass is 10.0. The molecule has 0 amide bonds. The molecule has 8 heteroatoms. The fourth-order valence-electron chi connectivity index (χ4n) is 2.36. The van der Waals surface area contributed by atoms with Gasteiger partial charge in [-0.15, -0.1) is 0 Å². The van der Waals surface area contributed by atoms with E-state index in [0.29, 0.717) is 11.6 Å². The zero-order valence-electron chi connectivity index (χ0n) is 13.4. The van der Waals surface area contributed by atoms with Gasteiger partial charge in [0.15, 0.2) is 11.6 Å². The van der Waals surface area contributed by atoms with Gasteiger partial charge in [-0.05, 0) is 26.0 Å². The maximum Gasteiger partial charge on any atom is 0.416 e. The fourth-order valence-corrected chi connectivity index (χ4v) is 2.36. The Bertz CT molecular complexity index is 910. The molecule has 1 aromatic carbocycles. The molecule has 0 unspecified atom stereocenters. The highest BCUT2D eigenvalue weighted by Gasteiger charge is 2.30. The summed E-state index contributed by atoms with van der Waals surface area (Å²) in [5.41, 5.74) is 0.372. The summed E-state index contributed by atoms with van der Waals surface area (Å²) >= 11 is 0. The van der Waals surface area contributed by atoms with Gasteiger partial charge in [0.05, 0.1) is 17.3 Å². The second kappa shape index (κ2) is 6.12. The van der Waals surface area contributed by atoms with Gasteiger partial charge in [0.1, 0.15) is 5.82 Å². The number of hydrogen-bond acceptors (Lipinski definition) is 4. The first-order valence-electron chi connectivity index (χ1n) is 7.33. The van der Waals surface area contributed by atoms with Gasteiger partial charge in [-0.25, -0.2) is 14.6 Å². The number of hydrogen-bond donors (Lipinski definition) is 0. The third kappa shape index (κ3) is 3.57. The lowest BCUT2D eigenvalue weighted by Gasteiger charge is -2.06. The largest absolute Gasteiger partial charge is 0.416 e. The molecular weight excluding hydrogens is 333 g/mol. The van der Waals surface area contributed by atoms with Gasteiger partial charge in [0.2, 0.25) is 0 Å². The van der Waals surface area contributed by atoms with E-state index in [1.54, 1.807) is 13.0 Å². The molecule has 2 heterocycles. The van der Waals surface area contributed by atoms with E-state index in [2.05, 4.69) is 15.1 Å². The number of ketones is 1. The molecule has 3 aromatic rings. The number of aryl methyl sites for hydroxylation is 2. The third-order valence-electron chi connectivity index (χ3n) is 3.51. The van der Waals surface area contributed by atoms with Crippen LogP contribution in [-0.2, 0) is 6.18 Å². The highest BCUT2D eigenvalue weighted by Crippen LogP contribution is 2.29. The van der Waals surface area contributed by atoms with Crippen molar-refractivity contribution in [1.29, 1.82) is 0 Å². The van der Waals surface area contributed by atoms with Crippen LogP contribution in [-0.4, -0.2) is 25.5 Å². The van der Waals surface area contributed by atoms with Crippen LogP contribution in [0, 0.1) is 13.8 Å². The van der Waals surface area contributed by atoms with Crippen LogP contribution in [0.5, 0.6) is 0 Å². The van der Waals surface area contributed by atoms with E-state index < -0.39 is 17.5 Å². The second-order valence-electron chi connectivity index (χ2n) is 5.49. The maximum absolute atomic E-state index is 12.6. The van der Waals surface area contributed by atoms with E-state index in [9.17, 15) is 18.0 Å². The molecule has 5 nitrogen and oxygen atoms in total. The molecule has 0 atom stereocenters. The van der Waals surface area contributed by atoms with Gasteiger partial charge in [-0.1, -0.05) is 12.1 Å². The molecule has 2 aromatic heterocycles. The first kappa shape index (κ1) is 16.8. The van der Waals surface area contributed by atoms with Crippen molar-refractivity contribution in [2.45, 2.75) is 20.0 Å². The number of alkyl halides is 3. The number of carbonyl (C=O) groups is 1. The highest BCUT2D eigenvalue weighted by molar-refractivity contribution is 6.08. The number of nitrogens with zero attached hydrogens (tertiary/aromatic N) is 4. The molecule has 0 bridgehead atoms. The summed E-state index contributed by atoms with van der Waals surface area (Å²) in [6, 6.07) is 5.79. The fraction of sp³-hybridized carbons (Fsp3) is 0.176. The molecule has 0 fully saturated rings. The number of halogens is 3. The minimum atomic E-state index is -4.44. The first-order chi connectivity index (χ1) is 11.7. The standard InChI is InChI=1S/C17H13F3N4O/c1-10-7-15(23-11(2)22-10)24-9-13(8-21-24)16(25)12-3-5-14(6-4-12)17(18,19)20/h3-9H,1-2H3. The van der Waals surface area contributed by atoms with E-state index >= 15 is 0 Å². The van der Waals surface area contributed by atoms with Crippen molar-refractivity contribution in [2.24, 2.45) is 0 Å². The van der Waals surface area contributed by atoms with E-state index in [1.807, 2.05) is 6.92 Å². The molecule has 25 heavy (non-hydrogen) atoms. The average Bonchev–Trinajstić information content (AvgIpc) is 3.02. The number of rotatable bonds is 3. The van der Waals surface area contributed by atoms with Crippen LogP contribution >= 0.6 is 0 Å². The third-order valence-corrected chi connectivity index (χ3v) is 3.51. The van der Waals surface area contributed by atoms with Crippen LogP contribution in [0.25, 0.3) is 5.82 Å². The summed E-state index contributed by atoms with van der Waals surface area (Å²) in [6.07, 6.45) is -1.59. The highest BCUT2D eigenvalue weighted by atomic mass is 19.4. The predicted molar refractivity (Wildman–Crippen MR) is 83.5 cm³/mol. The summed E-state index contributed by atoms with van der Waals surface area (Å²) in [6.45, 7) is 3.56. The second-order valence-corrected chi connectivity index (χ2v) is 5.49. The Balaban J connectivity index is 1.88. The van der Waals surface area contributed by atoms with Crippen LogP contribution in [0.1, 0.15) is 33.0 Å². The molecule has 0 aliphatic carbocycles. The number of aromatic nitrogens is 4. The van der Waals surface area contributed by atoms with Gasteiger partial charge in [0.25, 0.3) is 0 Å². The Hall–Kier alpha value is -3.03. The monoisotopic (exact) mass is 346 g/mol. The van der Waals surface area contributed by atoms with E-state index in [-0.39, 0.29) is 11.1 Å². The van der Waals surface area contributed by atoms with E-state index in [4.69, 9.17) is 0 Å². The Morgan fingerprint density at radius 2 is 1.72 bits per heavy atom. The van der Waals surface area contributed by atoms with Crippen LogP contribution in [0.15, 0.2) is 42.7 Å². The van der Waals surface area contributed by atoms with Crippen LogP contribution < -0.4 is 0 Å². The SMILES string of the molecule is Cc1cc(-n2cc(C(=O)c3ccc(C(F)(F)F)cc3)cn2)nc(C)n1. The maximum atomic E-state index is 12.6. The zero-order valence-corrected chi connectivity index (χ0v) is 13.4. The van der Waals surface area contributed by atoms with Gasteiger partial charge in [-0.2, -0.15) is 18.3 Å². The Morgan fingerprint density at radius 1 is 1.04 bits per heavy atom. The number of benzene rings is 1. The van der Waals surface area contributed by atoms with Gasteiger partial charge >= 0.3 is 6.18 Å². The Morgan fingerprint density at radius 3 is 2.32 bits per heavy atom. The summed E-state index contributed by atoms with van der Waals surface area (Å²) in [7, 11) is 0. The Kier molecular flexibility index (Phi) is 4.12. The van der Waals surface area contributed by atoms with Crippen LogP contribution in [0.3, 0.4) is 0 Å². The van der Waals surface area contributed by atoms with E-state index in [1.165, 1.54) is 17.1 Å². The van der Waals surface area contributed by atoms with Crippen molar-refractivity contribution in [1.82, 2.24) is 19.7 Å². The normalized spacial score (nSPS) is 11.6. The van der Waals surface area contributed by atoms with Crippen molar-refractivity contribution >= 4 is 5.78 Å². The molecular formula is C17H13F3N4O. The molecule has 128 valence electrons. The minimum Gasteiger partial charge on any atom is -0.288 e. The smallest absolute Gasteiger partial charge is 0.288 e. The molecule has 0 aliphatic heterocycles. The summed E-state index contributed by atoms with van der Waals surface area (Å²) in [5.74, 6) is 0.667. The summed E-state index contributed by atoms with van der Waals surface area (Å²) < 4.78 is 39.2. The molecule has 0 N–H and O–H groups in total. The Labute approximate surface area is 141 Å². The van der Waals surface area contributed by atoms with Gasteiger partial charge in [0, 0.05) is 23.5 Å². The average molecular weight is 346 g/mol. The van der Waals surface area contributed by atoms with Crippen molar-refractivity contribution in [3.8, 4) is 5.82 Å². The van der Waals surface area contributed by atoms with Crippen LogP contribution in [0.2, 0.25) is 0 Å². The minimum absolute atomic E-state index is 0.155. The van der Waals surface area contributed by atoms with Crippen molar-refractivity contribution < 1.29 is 18.0 Å². The molecule has 3 rings (SSSR count). The lowest BCUT2D eigenvalue weighted by Crippen LogP contribution is -2.06. The molecule has 0 saturated heterocycles. The lowest BCUT2D eigenvalue weighted by molar-refractivity contribution is -0.137. The van der Waals surface area contributed by atoms with Crippen molar-refractivity contribution in [2.75, 3.05) is 0 Å². The number of carbonyl (C=O) groups excluding carboxylic acids is 1. The molecule has 0 radical (unpaired) electrons. The zero-order chi connectivity index (χ0) is 18.2. The van der Waals surface area contributed by atoms with Gasteiger partial charge in [-0.3, -0.25) is 4.79 Å².